The number of carbonyl (C=O) groups is 2. The molecule has 2 aliphatic rings. The molecule has 88 valence electrons. The van der Waals surface area contributed by atoms with Gasteiger partial charge in [0.15, 0.2) is 0 Å². The molecule has 2 atom stereocenters. The van der Waals surface area contributed by atoms with E-state index in [4.69, 9.17) is 9.84 Å². The number of hydrogen-bond acceptors (Lipinski definition) is 3. The first-order valence-electron chi connectivity index (χ1n) is 5.40. The third-order valence-electron chi connectivity index (χ3n) is 3.38. The first kappa shape index (κ1) is 11.0. The predicted molar refractivity (Wildman–Crippen MR) is 55.8 cm³/mol. The SMILES string of the molecule is C=CCOC(=O)NC1CC2C(C1)C2C(=O)O. The Balaban J connectivity index is 1.71. The molecular formula is C11H15NO4. The van der Waals surface area contributed by atoms with Crippen molar-refractivity contribution in [1.82, 2.24) is 5.32 Å². The average Bonchev–Trinajstić information content (AvgIpc) is 2.74. The van der Waals surface area contributed by atoms with Crippen LogP contribution in [0.4, 0.5) is 4.79 Å². The van der Waals surface area contributed by atoms with Gasteiger partial charge in [0.1, 0.15) is 6.61 Å². The van der Waals surface area contributed by atoms with Crippen molar-refractivity contribution < 1.29 is 19.4 Å². The smallest absolute Gasteiger partial charge is 0.407 e. The van der Waals surface area contributed by atoms with E-state index in [9.17, 15) is 9.59 Å². The Hall–Kier alpha value is -1.52. The lowest BCUT2D eigenvalue weighted by Gasteiger charge is -2.14. The highest BCUT2D eigenvalue weighted by Crippen LogP contribution is 2.57. The van der Waals surface area contributed by atoms with Crippen LogP contribution < -0.4 is 5.32 Å². The maximum atomic E-state index is 11.2. The Morgan fingerprint density at radius 1 is 1.44 bits per heavy atom. The fourth-order valence-corrected chi connectivity index (χ4v) is 2.67. The third kappa shape index (κ3) is 2.03. The van der Waals surface area contributed by atoms with Crippen LogP contribution in [0.3, 0.4) is 0 Å². The van der Waals surface area contributed by atoms with Crippen molar-refractivity contribution in [3.05, 3.63) is 12.7 Å². The minimum Gasteiger partial charge on any atom is -0.481 e. The number of ether oxygens (including phenoxy) is 1. The summed E-state index contributed by atoms with van der Waals surface area (Å²) in [6, 6.07) is 0.0721. The first-order chi connectivity index (χ1) is 7.63. The lowest BCUT2D eigenvalue weighted by molar-refractivity contribution is -0.139. The van der Waals surface area contributed by atoms with Gasteiger partial charge in [-0.05, 0) is 24.7 Å². The topological polar surface area (TPSA) is 75.6 Å². The molecule has 0 saturated heterocycles. The van der Waals surface area contributed by atoms with Crippen molar-refractivity contribution in [3.8, 4) is 0 Å². The highest BCUT2D eigenvalue weighted by molar-refractivity contribution is 5.75. The number of alkyl carbamates (subject to hydrolysis) is 1. The molecule has 0 bridgehead atoms. The van der Waals surface area contributed by atoms with Gasteiger partial charge in [0.05, 0.1) is 5.92 Å². The summed E-state index contributed by atoms with van der Waals surface area (Å²) in [6.07, 6.45) is 2.57. The molecule has 0 aromatic carbocycles. The molecule has 2 rings (SSSR count). The summed E-state index contributed by atoms with van der Waals surface area (Å²) < 4.78 is 4.79. The molecule has 2 aliphatic carbocycles. The Morgan fingerprint density at radius 2 is 2.06 bits per heavy atom. The molecule has 0 aromatic heterocycles. The fourth-order valence-electron chi connectivity index (χ4n) is 2.67. The molecule has 5 heteroatoms. The van der Waals surface area contributed by atoms with Gasteiger partial charge in [-0.2, -0.15) is 0 Å². The van der Waals surface area contributed by atoms with Crippen LogP contribution in [0.1, 0.15) is 12.8 Å². The van der Waals surface area contributed by atoms with E-state index in [2.05, 4.69) is 11.9 Å². The number of hydrogen-bond donors (Lipinski definition) is 2. The van der Waals surface area contributed by atoms with E-state index in [0.717, 1.165) is 12.8 Å². The van der Waals surface area contributed by atoms with Crippen molar-refractivity contribution in [2.24, 2.45) is 17.8 Å². The van der Waals surface area contributed by atoms with E-state index < -0.39 is 12.1 Å². The number of carboxylic acid groups (broad SMARTS) is 1. The van der Waals surface area contributed by atoms with Gasteiger partial charge in [-0.25, -0.2) is 4.79 Å². The van der Waals surface area contributed by atoms with Crippen molar-refractivity contribution in [3.63, 3.8) is 0 Å². The minimum atomic E-state index is -0.706. The van der Waals surface area contributed by atoms with E-state index in [1.807, 2.05) is 0 Å². The maximum Gasteiger partial charge on any atom is 0.407 e. The Morgan fingerprint density at radius 3 is 2.56 bits per heavy atom. The molecule has 0 spiro atoms. The van der Waals surface area contributed by atoms with Gasteiger partial charge in [0.25, 0.3) is 0 Å². The summed E-state index contributed by atoms with van der Waals surface area (Å²) >= 11 is 0. The number of aliphatic carboxylic acids is 1. The molecule has 2 unspecified atom stereocenters. The summed E-state index contributed by atoms with van der Waals surface area (Å²) in [7, 11) is 0. The van der Waals surface area contributed by atoms with Gasteiger partial charge < -0.3 is 15.2 Å². The normalized spacial score (nSPS) is 35.0. The lowest BCUT2D eigenvalue weighted by Crippen LogP contribution is -2.35. The zero-order chi connectivity index (χ0) is 11.7. The molecule has 2 N–H and O–H groups in total. The summed E-state index contributed by atoms with van der Waals surface area (Å²) in [4.78, 5) is 21.9. The number of nitrogens with one attached hydrogen (secondary N) is 1. The zero-order valence-electron chi connectivity index (χ0n) is 8.89. The number of rotatable bonds is 4. The summed E-state index contributed by atoms with van der Waals surface area (Å²) in [5.74, 6) is -0.380. The molecule has 0 aliphatic heterocycles. The van der Waals surface area contributed by atoms with Crippen molar-refractivity contribution in [1.29, 1.82) is 0 Å². The van der Waals surface area contributed by atoms with Gasteiger partial charge in [-0.15, -0.1) is 0 Å². The van der Waals surface area contributed by atoms with Gasteiger partial charge in [-0.3, -0.25) is 4.79 Å². The number of fused-ring (bicyclic) bond motifs is 1. The van der Waals surface area contributed by atoms with E-state index in [1.54, 1.807) is 0 Å². The standard InChI is InChI=1S/C11H15NO4/c1-2-3-16-11(15)12-6-4-7-8(5-6)9(7)10(13)14/h2,6-9H,1,3-5H2,(H,12,15)(H,13,14). The molecule has 0 aromatic rings. The molecule has 0 heterocycles. The second kappa shape index (κ2) is 4.15. The van der Waals surface area contributed by atoms with Crippen LogP contribution in [0, 0.1) is 17.8 Å². The fraction of sp³-hybridized carbons (Fsp3) is 0.636. The number of carboxylic acids is 1. The number of amides is 1. The predicted octanol–water partition coefficient (Wildman–Crippen LogP) is 1.01. The first-order valence-corrected chi connectivity index (χ1v) is 5.40. The van der Waals surface area contributed by atoms with Crippen LogP contribution in [0.2, 0.25) is 0 Å². The Bertz CT molecular complexity index is 316. The highest BCUT2D eigenvalue weighted by atomic mass is 16.5. The zero-order valence-corrected chi connectivity index (χ0v) is 8.89. The van der Waals surface area contributed by atoms with Gasteiger partial charge in [0, 0.05) is 6.04 Å². The van der Waals surface area contributed by atoms with Crippen molar-refractivity contribution in [2.75, 3.05) is 6.61 Å². The lowest BCUT2D eigenvalue weighted by atomic mass is 10.1. The van der Waals surface area contributed by atoms with Gasteiger partial charge >= 0.3 is 12.1 Å². The van der Waals surface area contributed by atoms with Crippen molar-refractivity contribution in [2.45, 2.75) is 18.9 Å². The summed E-state index contributed by atoms with van der Waals surface area (Å²) in [5, 5.41) is 11.6. The monoisotopic (exact) mass is 225 g/mol. The number of carbonyl (C=O) groups excluding carboxylic acids is 1. The molecule has 5 nitrogen and oxygen atoms in total. The van der Waals surface area contributed by atoms with Crippen LogP contribution in [0.25, 0.3) is 0 Å². The quantitative estimate of drug-likeness (QED) is 0.700. The maximum absolute atomic E-state index is 11.2. The molecule has 1 amide bonds. The van der Waals surface area contributed by atoms with E-state index in [-0.39, 0.29) is 30.4 Å². The molecule has 0 radical (unpaired) electrons. The highest BCUT2D eigenvalue weighted by Gasteiger charge is 2.60. The molecular weight excluding hydrogens is 210 g/mol. The van der Waals surface area contributed by atoms with Crippen molar-refractivity contribution >= 4 is 12.1 Å². The Labute approximate surface area is 93.5 Å². The van der Waals surface area contributed by atoms with Gasteiger partial charge in [-0.1, -0.05) is 12.7 Å². The summed E-state index contributed by atoms with van der Waals surface area (Å²) in [6.45, 7) is 3.64. The second-order valence-electron chi connectivity index (χ2n) is 4.39. The van der Waals surface area contributed by atoms with Gasteiger partial charge in [0.2, 0.25) is 0 Å². The largest absolute Gasteiger partial charge is 0.481 e. The van der Waals surface area contributed by atoms with Crippen LogP contribution >= 0.6 is 0 Å². The van der Waals surface area contributed by atoms with E-state index in [1.165, 1.54) is 6.08 Å². The minimum absolute atomic E-state index is 0.0721. The second-order valence-corrected chi connectivity index (χ2v) is 4.39. The van der Waals surface area contributed by atoms with Crippen LogP contribution in [-0.4, -0.2) is 29.8 Å². The molecule has 16 heavy (non-hydrogen) atoms. The average molecular weight is 225 g/mol. The summed E-state index contributed by atoms with van der Waals surface area (Å²) in [5.41, 5.74) is 0. The third-order valence-corrected chi connectivity index (χ3v) is 3.38. The molecule has 2 fully saturated rings. The van der Waals surface area contributed by atoms with Crippen LogP contribution in [-0.2, 0) is 9.53 Å². The van der Waals surface area contributed by atoms with Crippen LogP contribution in [0.15, 0.2) is 12.7 Å². The van der Waals surface area contributed by atoms with Crippen LogP contribution in [0.5, 0.6) is 0 Å². The molecule has 2 saturated carbocycles. The van der Waals surface area contributed by atoms with E-state index >= 15 is 0 Å². The van der Waals surface area contributed by atoms with E-state index in [0.29, 0.717) is 0 Å². The Kier molecular flexibility index (Phi) is 2.85.